The number of aliphatic hydroxyl groups is 1. The molecule has 6 saturated heterocycles. The highest BCUT2D eigenvalue weighted by Crippen LogP contribution is 2.59. The summed E-state index contributed by atoms with van der Waals surface area (Å²) < 4.78 is 132. The monoisotopic (exact) mass is 1540 g/mol. The topological polar surface area (TPSA) is 249 Å². The van der Waals surface area contributed by atoms with Gasteiger partial charge in [-0.3, -0.25) is 22.6 Å². The number of morpholine rings is 3. The third-order valence-corrected chi connectivity index (χ3v) is 27.7. The molecular formula is C73H146N12O14P4. The highest BCUT2D eigenvalue weighted by Gasteiger charge is 2.46. The summed E-state index contributed by atoms with van der Waals surface area (Å²) in [6, 6.07) is 0. The molecule has 6 heterocycles. The molecule has 0 aliphatic carbocycles. The van der Waals surface area contributed by atoms with Gasteiger partial charge in [0.15, 0.2) is 0 Å². The molecule has 0 saturated carbocycles. The fraction of sp³-hybridized carbons (Fsp3) is 0.959. The molecule has 0 aromatic carbocycles. The Hall–Kier alpha value is -1.79. The molecule has 7 atom stereocenters. The van der Waals surface area contributed by atoms with E-state index in [0.29, 0.717) is 56.9 Å². The molecule has 4 unspecified atom stereocenters. The van der Waals surface area contributed by atoms with Gasteiger partial charge in [-0.05, 0) is 52.9 Å². The molecule has 0 aromatic rings. The van der Waals surface area contributed by atoms with Gasteiger partial charge in [0, 0.05) is 126 Å². The van der Waals surface area contributed by atoms with Gasteiger partial charge in [0.2, 0.25) is 17.9 Å². The Morgan fingerprint density at radius 1 is 0.388 bits per heavy atom. The van der Waals surface area contributed by atoms with E-state index >= 15 is 13.7 Å². The van der Waals surface area contributed by atoms with E-state index in [9.17, 15) is 9.46 Å². The van der Waals surface area contributed by atoms with Crippen molar-refractivity contribution >= 4 is 48.7 Å². The van der Waals surface area contributed by atoms with Gasteiger partial charge in [-0.25, -0.2) is 32.3 Å². The Bertz CT molecular complexity index is 2620. The van der Waals surface area contributed by atoms with Crippen LogP contribution in [0.25, 0.3) is 0 Å². The molecule has 6 aliphatic rings. The summed E-state index contributed by atoms with van der Waals surface area (Å²) in [5.41, 5.74) is -0.803. The fourth-order valence-corrected chi connectivity index (χ4v) is 21.1. The first-order valence-corrected chi connectivity index (χ1v) is 47.0. The van der Waals surface area contributed by atoms with Crippen LogP contribution in [0.3, 0.4) is 0 Å². The molecule has 30 heteroatoms. The van der Waals surface area contributed by atoms with Crippen LogP contribution in [0.5, 0.6) is 0 Å². The summed E-state index contributed by atoms with van der Waals surface area (Å²) in [5, 5.41) is 9.16. The molecule has 26 nitrogen and oxygen atoms in total. The van der Waals surface area contributed by atoms with Crippen molar-refractivity contribution in [3.05, 3.63) is 0 Å². The van der Waals surface area contributed by atoms with Crippen molar-refractivity contribution in [2.75, 3.05) is 172 Å². The number of phosphoric ester groups is 1. The second-order valence-electron chi connectivity index (χ2n) is 30.7. The maximum Gasteiger partial charge on any atom is 0.472 e. The van der Waals surface area contributed by atoms with Crippen LogP contribution in [0.1, 0.15) is 260 Å². The van der Waals surface area contributed by atoms with Crippen molar-refractivity contribution < 1.29 is 65.1 Å². The second-order valence-corrected chi connectivity index (χ2v) is 38.1. The van der Waals surface area contributed by atoms with Gasteiger partial charge in [0.05, 0.1) is 70.2 Å². The number of ether oxygens (including phenoxy) is 3. The summed E-state index contributed by atoms with van der Waals surface area (Å²) in [6.45, 7) is 20.1. The maximum absolute atomic E-state index is 16.4. The zero-order valence-corrected chi connectivity index (χ0v) is 69.6. The van der Waals surface area contributed by atoms with Crippen molar-refractivity contribution in [3.63, 3.8) is 0 Å². The zero-order chi connectivity index (χ0) is 74.2. The first kappa shape index (κ1) is 90.1. The van der Waals surface area contributed by atoms with Gasteiger partial charge >= 0.3 is 30.8 Å². The summed E-state index contributed by atoms with van der Waals surface area (Å²) in [6.07, 6.45) is 37.2. The smallest absolute Gasteiger partial charge is 0.396 e. The molecule has 6 aliphatic heterocycles. The molecule has 6 rings (SSSR count). The molecule has 0 spiro atoms. The number of guanidine groups is 3. The second kappa shape index (κ2) is 49.5. The van der Waals surface area contributed by atoms with E-state index in [2.05, 4.69) is 45.3 Å². The molecule has 2 N–H and O–H groups in total. The number of nitrogens with zero attached hydrogens (tertiary/aromatic N) is 12. The van der Waals surface area contributed by atoms with Crippen LogP contribution in [0.2, 0.25) is 0 Å². The van der Waals surface area contributed by atoms with E-state index < -0.39 is 54.7 Å². The Morgan fingerprint density at radius 2 is 0.680 bits per heavy atom. The lowest BCUT2D eigenvalue weighted by Crippen LogP contribution is -2.46. The summed E-state index contributed by atoms with van der Waals surface area (Å²) in [7, 11) is -10.8. The van der Waals surface area contributed by atoms with E-state index in [1.54, 1.807) is 9.34 Å². The van der Waals surface area contributed by atoms with Crippen LogP contribution in [-0.4, -0.2) is 267 Å². The molecule has 6 fully saturated rings. The predicted octanol–water partition coefficient (Wildman–Crippen LogP) is 15.5. The van der Waals surface area contributed by atoms with Crippen molar-refractivity contribution in [2.24, 2.45) is 14.3 Å². The third kappa shape index (κ3) is 33.8. The number of likely N-dealkylation sites (N-methyl/N-ethyl adjacent to an activating group) is 3. The zero-order valence-electron chi connectivity index (χ0n) is 66.0. The van der Waals surface area contributed by atoms with E-state index in [4.69, 9.17) is 56.2 Å². The van der Waals surface area contributed by atoms with E-state index in [1.165, 1.54) is 148 Å². The third-order valence-electron chi connectivity index (χ3n) is 20.4. The standard InChI is InChI=1S/C73H146N12O14P4/c1-10-13-16-19-22-25-28-31-34-39-44-80-50-47-77(7)70(80)74-100(87,97-65-68-63-85(55-60-93-68)102(89,99-73(4,5)6)76-72-79(9)49-52-82(72)46-41-36-33-30-27-24-21-18-15-12-3)83-53-58-92-67(61-83)64-96-101(88,75-71-78(8)48-51-81(71)45-40-35-32-29-26-23-20-17-14-11-2)84-54-59-94-69(62-84)66-98-103(90,91)95-57-43-38-37-42-56-86/h67-69,86H,10-66H2,1-9H3,(H,90,91)/t67-,68-,69-,100?,101?,102?/m1/s1. The summed E-state index contributed by atoms with van der Waals surface area (Å²) in [5.74, 6) is 1.84. The van der Waals surface area contributed by atoms with E-state index in [1.807, 2.05) is 51.5 Å². The lowest BCUT2D eigenvalue weighted by atomic mass is 10.1. The average Bonchev–Trinajstić information content (AvgIpc) is 1.78. The molecule has 0 bridgehead atoms. The Labute approximate surface area is 624 Å². The predicted molar refractivity (Wildman–Crippen MR) is 417 cm³/mol. The van der Waals surface area contributed by atoms with Crippen LogP contribution in [0, 0.1) is 0 Å². The maximum atomic E-state index is 16.4. The summed E-state index contributed by atoms with van der Waals surface area (Å²) >= 11 is 0. The van der Waals surface area contributed by atoms with E-state index in [0.717, 1.165) is 97.1 Å². The SMILES string of the molecule is CCCCCCCCCCCCN1CCN(C)C1=NP(=O)(OC[C@H]1CN(P(=O)(N=C2N(C)CCN2CCCCCCCCCCCC)OC[C@H]2CN(P(=O)(N=C3N(C)CCN3CCCCCCCCCCCC)OC(C)(C)C)CCO2)CCO1)N1CCO[C@@H](COP(=O)(O)OCCCCCCO)C1. The minimum absolute atomic E-state index is 0.0135. The Kier molecular flexibility index (Phi) is 43.3. The van der Waals surface area contributed by atoms with Gasteiger partial charge in [0.1, 0.15) is 0 Å². The van der Waals surface area contributed by atoms with Gasteiger partial charge in [-0.1, -0.05) is 207 Å². The largest absolute Gasteiger partial charge is 0.472 e. The lowest BCUT2D eigenvalue weighted by molar-refractivity contribution is -0.0471. The number of aliphatic hydroxyl groups excluding tert-OH is 1. The molecule has 0 radical (unpaired) electrons. The Morgan fingerprint density at radius 3 is 1.01 bits per heavy atom. The van der Waals surface area contributed by atoms with Crippen LogP contribution in [-0.2, 0) is 55.1 Å². The number of rotatable bonds is 56. The number of hydrogen-bond donors (Lipinski definition) is 2. The van der Waals surface area contributed by atoms with Crippen LogP contribution >= 0.6 is 30.8 Å². The first-order chi connectivity index (χ1) is 49.6. The fourth-order valence-electron chi connectivity index (χ4n) is 14.2. The molecular weight excluding hydrogens is 1390 g/mol. The van der Waals surface area contributed by atoms with Crippen LogP contribution < -0.4 is 0 Å². The van der Waals surface area contributed by atoms with Crippen LogP contribution in [0.4, 0.5) is 0 Å². The van der Waals surface area contributed by atoms with Crippen LogP contribution in [0.15, 0.2) is 14.3 Å². The lowest BCUT2D eigenvalue weighted by Gasteiger charge is -2.39. The Balaban J connectivity index is 1.22. The quantitative estimate of drug-likeness (QED) is 0.0424. The number of unbranched alkanes of at least 4 members (excludes halogenated alkanes) is 30. The highest BCUT2D eigenvalue weighted by atomic mass is 31.2. The molecule has 0 amide bonds. The van der Waals surface area contributed by atoms with Gasteiger partial charge in [-0.15, -0.1) is 0 Å². The van der Waals surface area contributed by atoms with Crippen molar-refractivity contribution in [3.8, 4) is 0 Å². The van der Waals surface area contributed by atoms with Gasteiger partial charge in [0.25, 0.3) is 0 Å². The number of phosphoric acid groups is 1. The van der Waals surface area contributed by atoms with E-state index in [-0.39, 0.29) is 85.6 Å². The summed E-state index contributed by atoms with van der Waals surface area (Å²) in [4.78, 5) is 23.5. The normalized spacial score (nSPS) is 23.6. The highest BCUT2D eigenvalue weighted by molar-refractivity contribution is 7.56. The first-order valence-electron chi connectivity index (χ1n) is 41.0. The van der Waals surface area contributed by atoms with Gasteiger partial charge in [-0.2, -0.15) is 14.3 Å². The van der Waals surface area contributed by atoms with Gasteiger partial charge < -0.3 is 53.6 Å². The molecule has 0 aromatic heterocycles. The van der Waals surface area contributed by atoms with Crippen molar-refractivity contribution in [2.45, 2.75) is 284 Å². The minimum Gasteiger partial charge on any atom is -0.396 e. The number of hydrogen-bond acceptors (Lipinski definition) is 13. The molecule has 602 valence electrons. The molecule has 103 heavy (non-hydrogen) atoms. The minimum atomic E-state index is -4.46. The van der Waals surface area contributed by atoms with Crippen molar-refractivity contribution in [1.82, 2.24) is 43.4 Å². The van der Waals surface area contributed by atoms with Crippen molar-refractivity contribution in [1.29, 1.82) is 0 Å². The average molecular weight is 1540 g/mol.